The van der Waals surface area contributed by atoms with Crippen LogP contribution in [0.15, 0.2) is 45.1 Å². The molecular weight excluding hydrogens is 340 g/mol. The van der Waals surface area contributed by atoms with Crippen molar-refractivity contribution in [3.8, 4) is 5.75 Å². The van der Waals surface area contributed by atoms with Gasteiger partial charge in [0.1, 0.15) is 16.9 Å². The lowest BCUT2D eigenvalue weighted by Gasteiger charge is -2.30. The number of aliphatic hydroxyl groups excluding tert-OH is 1. The van der Waals surface area contributed by atoms with Crippen molar-refractivity contribution in [2.45, 2.75) is 38.6 Å². The molecule has 0 radical (unpaired) electrons. The lowest BCUT2D eigenvalue weighted by atomic mass is 9.92. The quantitative estimate of drug-likeness (QED) is 0.487. The second kappa shape index (κ2) is 6.59. The van der Waals surface area contributed by atoms with Gasteiger partial charge in [-0.2, -0.15) is 0 Å². The van der Waals surface area contributed by atoms with Gasteiger partial charge >= 0.3 is 11.6 Å². The van der Waals surface area contributed by atoms with Crippen molar-refractivity contribution in [1.29, 1.82) is 0 Å². The van der Waals surface area contributed by atoms with Crippen LogP contribution in [0.1, 0.15) is 32.4 Å². The highest BCUT2D eigenvalue weighted by atomic mass is 16.6. The van der Waals surface area contributed by atoms with E-state index in [-0.39, 0.29) is 5.58 Å². The van der Waals surface area contributed by atoms with Crippen molar-refractivity contribution < 1.29 is 28.9 Å². The first-order valence-corrected chi connectivity index (χ1v) is 8.15. The summed E-state index contributed by atoms with van der Waals surface area (Å²) in [7, 11) is 0. The molecule has 1 aromatic heterocycles. The summed E-state index contributed by atoms with van der Waals surface area (Å²) in [5.41, 5.74) is -0.923. The topological polar surface area (TPSA) is 106 Å². The van der Waals surface area contributed by atoms with Crippen molar-refractivity contribution in [2.75, 3.05) is 6.61 Å². The van der Waals surface area contributed by atoms with Crippen molar-refractivity contribution >= 4 is 16.9 Å². The van der Waals surface area contributed by atoms with Crippen LogP contribution in [0.3, 0.4) is 0 Å². The van der Waals surface area contributed by atoms with Crippen LogP contribution in [-0.4, -0.2) is 34.5 Å². The molecule has 0 fully saturated rings. The molecule has 138 valence electrons. The second-order valence-electron chi connectivity index (χ2n) is 6.78. The zero-order chi connectivity index (χ0) is 19.1. The number of allylic oxidation sites excluding steroid dienone is 1. The van der Waals surface area contributed by atoms with E-state index in [1.807, 2.05) is 0 Å². The Labute approximate surface area is 149 Å². The van der Waals surface area contributed by atoms with Gasteiger partial charge in [-0.1, -0.05) is 5.57 Å². The minimum Gasteiger partial charge on any atom is -0.482 e. The Morgan fingerprint density at radius 2 is 2.00 bits per heavy atom. The van der Waals surface area contributed by atoms with E-state index in [0.29, 0.717) is 16.7 Å². The number of rotatable bonds is 4. The molecule has 3 atom stereocenters. The average Bonchev–Trinajstić information content (AvgIpc) is 2.93. The maximum absolute atomic E-state index is 12.2. The van der Waals surface area contributed by atoms with E-state index in [9.17, 15) is 19.8 Å². The minimum atomic E-state index is -1.68. The summed E-state index contributed by atoms with van der Waals surface area (Å²) in [5, 5.41) is 20.7. The van der Waals surface area contributed by atoms with Gasteiger partial charge in [0.15, 0.2) is 12.2 Å². The highest BCUT2D eigenvalue weighted by molar-refractivity contribution is 5.86. The first-order chi connectivity index (χ1) is 12.2. The first kappa shape index (κ1) is 18.2. The van der Waals surface area contributed by atoms with Crippen molar-refractivity contribution in [1.82, 2.24) is 0 Å². The number of esters is 1. The minimum absolute atomic E-state index is 0.223. The summed E-state index contributed by atoms with van der Waals surface area (Å²) in [4.78, 5) is 23.9. The van der Waals surface area contributed by atoms with Crippen LogP contribution in [-0.2, 0) is 9.53 Å². The average molecular weight is 360 g/mol. The predicted octanol–water partition coefficient (Wildman–Crippen LogP) is 1.85. The van der Waals surface area contributed by atoms with Crippen molar-refractivity contribution in [3.63, 3.8) is 0 Å². The number of carbonyl (C=O) groups excluding carboxylic acids is 1. The van der Waals surface area contributed by atoms with Crippen LogP contribution in [0.25, 0.3) is 11.0 Å². The Hall–Kier alpha value is -2.64. The summed E-state index contributed by atoms with van der Waals surface area (Å²) in [6.07, 6.45) is -0.804. The van der Waals surface area contributed by atoms with E-state index < -0.39 is 36.0 Å². The fourth-order valence-corrected chi connectivity index (χ4v) is 2.92. The molecule has 7 heteroatoms. The molecule has 0 bridgehead atoms. The molecule has 0 aliphatic carbocycles. The van der Waals surface area contributed by atoms with E-state index in [1.54, 1.807) is 32.0 Å². The number of fused-ring (bicyclic) bond motifs is 3. The summed E-state index contributed by atoms with van der Waals surface area (Å²) >= 11 is 0. The SMILES string of the molecule is CC(C)=CC(=O)OC1c2c(ccc3ccc(=O)oc23)OC1C(C)(O)CO. The van der Waals surface area contributed by atoms with Gasteiger partial charge in [-0.25, -0.2) is 9.59 Å². The number of hydrogen-bond acceptors (Lipinski definition) is 7. The van der Waals surface area contributed by atoms with Gasteiger partial charge in [0, 0.05) is 17.5 Å². The van der Waals surface area contributed by atoms with Gasteiger partial charge in [0.05, 0.1) is 12.2 Å². The Bertz CT molecular complexity index is 935. The number of benzene rings is 1. The zero-order valence-corrected chi connectivity index (χ0v) is 14.7. The summed E-state index contributed by atoms with van der Waals surface area (Å²) in [6, 6.07) is 6.22. The van der Waals surface area contributed by atoms with E-state index in [0.717, 1.165) is 5.57 Å². The van der Waals surface area contributed by atoms with Crippen LogP contribution in [0.2, 0.25) is 0 Å². The Balaban J connectivity index is 2.16. The lowest BCUT2D eigenvalue weighted by molar-refractivity contribution is -0.159. The third kappa shape index (κ3) is 3.23. The highest BCUT2D eigenvalue weighted by Gasteiger charge is 2.49. The maximum atomic E-state index is 12.2. The number of aliphatic hydroxyl groups is 2. The van der Waals surface area contributed by atoms with Crippen LogP contribution in [0.4, 0.5) is 0 Å². The number of carbonyl (C=O) groups is 1. The summed E-state index contributed by atoms with van der Waals surface area (Å²) in [6.45, 7) is 4.26. The zero-order valence-electron chi connectivity index (χ0n) is 14.7. The fourth-order valence-electron chi connectivity index (χ4n) is 2.92. The Morgan fingerprint density at radius 3 is 2.65 bits per heavy atom. The van der Waals surface area contributed by atoms with E-state index in [1.165, 1.54) is 19.1 Å². The predicted molar refractivity (Wildman–Crippen MR) is 92.9 cm³/mol. The van der Waals surface area contributed by atoms with Crippen LogP contribution < -0.4 is 10.4 Å². The van der Waals surface area contributed by atoms with E-state index in [4.69, 9.17) is 13.9 Å². The molecule has 3 rings (SSSR count). The molecule has 0 saturated carbocycles. The highest BCUT2D eigenvalue weighted by Crippen LogP contribution is 2.46. The van der Waals surface area contributed by atoms with Gasteiger partial charge in [-0.15, -0.1) is 0 Å². The van der Waals surface area contributed by atoms with Crippen molar-refractivity contribution in [3.05, 3.63) is 51.9 Å². The summed E-state index contributed by atoms with van der Waals surface area (Å²) in [5.74, 6) is -0.305. The normalized spacial score (nSPS) is 20.8. The standard InChI is InChI=1S/C19H20O7/c1-10(2)8-14(22)26-17-15-12(24-18(17)19(3,23)9-20)6-4-11-5-7-13(21)25-16(11)15/h4-8,17-18,20,23H,9H2,1-3H3. The van der Waals surface area contributed by atoms with Gasteiger partial charge in [-0.3, -0.25) is 0 Å². The van der Waals surface area contributed by atoms with Gasteiger partial charge < -0.3 is 24.1 Å². The van der Waals surface area contributed by atoms with Gasteiger partial charge in [0.2, 0.25) is 0 Å². The van der Waals surface area contributed by atoms with Gasteiger partial charge in [0.25, 0.3) is 0 Å². The van der Waals surface area contributed by atoms with Crippen LogP contribution >= 0.6 is 0 Å². The molecule has 0 saturated heterocycles. The molecule has 2 N–H and O–H groups in total. The molecule has 1 aliphatic heterocycles. The lowest BCUT2D eigenvalue weighted by Crippen LogP contribution is -2.48. The van der Waals surface area contributed by atoms with Crippen molar-refractivity contribution in [2.24, 2.45) is 0 Å². The molecule has 3 unspecified atom stereocenters. The Kier molecular flexibility index (Phi) is 4.60. The number of ether oxygens (including phenoxy) is 2. The maximum Gasteiger partial charge on any atom is 0.336 e. The molecular formula is C19H20O7. The monoisotopic (exact) mass is 360 g/mol. The molecule has 26 heavy (non-hydrogen) atoms. The Morgan fingerprint density at radius 1 is 1.31 bits per heavy atom. The van der Waals surface area contributed by atoms with Crippen LogP contribution in [0, 0.1) is 0 Å². The molecule has 2 aromatic rings. The first-order valence-electron chi connectivity index (χ1n) is 8.15. The van der Waals surface area contributed by atoms with E-state index in [2.05, 4.69) is 0 Å². The molecule has 1 aromatic carbocycles. The third-order valence-corrected chi connectivity index (χ3v) is 4.18. The molecule has 0 spiro atoms. The second-order valence-corrected chi connectivity index (χ2v) is 6.78. The van der Waals surface area contributed by atoms with Crippen LogP contribution in [0.5, 0.6) is 5.75 Å². The van der Waals surface area contributed by atoms with E-state index >= 15 is 0 Å². The molecule has 7 nitrogen and oxygen atoms in total. The smallest absolute Gasteiger partial charge is 0.336 e. The largest absolute Gasteiger partial charge is 0.482 e. The fraction of sp³-hybridized carbons (Fsp3) is 0.368. The molecule has 1 aliphatic rings. The van der Waals surface area contributed by atoms with Gasteiger partial charge in [-0.05, 0) is 39.0 Å². The molecule has 2 heterocycles. The molecule has 0 amide bonds. The summed E-state index contributed by atoms with van der Waals surface area (Å²) < 4.78 is 16.6. The number of hydrogen-bond donors (Lipinski definition) is 2. The third-order valence-electron chi connectivity index (χ3n) is 4.18.